The fourth-order valence-electron chi connectivity index (χ4n) is 8.34. The van der Waals surface area contributed by atoms with Crippen molar-refractivity contribution in [3.63, 3.8) is 0 Å². The molecule has 3 aromatic rings. The molecule has 1 unspecified atom stereocenters. The maximum atomic E-state index is 13.9. The molecule has 1 aliphatic rings. The summed E-state index contributed by atoms with van der Waals surface area (Å²) in [4.78, 5) is 26.8. The number of allylic oxidation sites excluding steroid dienone is 1. The zero-order valence-corrected chi connectivity index (χ0v) is 45.3. The van der Waals surface area contributed by atoms with E-state index < -0.39 is 48.7 Å². The van der Waals surface area contributed by atoms with Crippen LogP contribution in [-0.2, 0) is 23.4 Å². The Kier molecular flexibility index (Phi) is 18.7. The van der Waals surface area contributed by atoms with E-state index >= 15 is 0 Å². The summed E-state index contributed by atoms with van der Waals surface area (Å²) in [5, 5.41) is 1.60. The summed E-state index contributed by atoms with van der Waals surface area (Å²) < 4.78 is 49.2. The fraction of sp³-hybridized carbons (Fsp3) is 0.558. The maximum absolute atomic E-state index is 13.9. The van der Waals surface area contributed by atoms with Gasteiger partial charge in [-0.2, -0.15) is 0 Å². The molecular formula is C52H80O10Si3. The summed E-state index contributed by atoms with van der Waals surface area (Å²) in [5.74, 6) is -0.283. The van der Waals surface area contributed by atoms with Crippen LogP contribution < -0.4 is 24.6 Å². The molecule has 4 rings (SSSR count). The first-order valence-corrected chi connectivity index (χ1v) is 31.6. The van der Waals surface area contributed by atoms with Gasteiger partial charge in [0.2, 0.25) is 5.75 Å². The first-order valence-electron chi connectivity index (χ1n) is 23.1. The first-order chi connectivity index (χ1) is 30.3. The highest BCUT2D eigenvalue weighted by Gasteiger charge is 2.51. The Morgan fingerprint density at radius 1 is 0.862 bits per heavy atom. The van der Waals surface area contributed by atoms with Gasteiger partial charge in [-0.15, -0.1) is 0 Å². The quantitative estimate of drug-likeness (QED) is 0.0427. The van der Waals surface area contributed by atoms with E-state index in [4.69, 9.17) is 37.6 Å². The molecule has 0 spiro atoms. The van der Waals surface area contributed by atoms with Gasteiger partial charge in [-0.05, 0) is 90.2 Å². The van der Waals surface area contributed by atoms with E-state index in [9.17, 15) is 9.59 Å². The van der Waals surface area contributed by atoms with Crippen LogP contribution in [0, 0.1) is 5.92 Å². The SMILES string of the molecule is COCOc1c(OC)c(OC)cc(/C=C/C[C@@H]2OC(C)(C)O[C@@H]2C(/C=C\C[C@H](C)CC(C)(C)[Si](O)(c2ccccc2)c2ccccc2)O[Si](C)(C)C(C)(C)C)c1C(=O)OCC[Si](C)(C)C. The van der Waals surface area contributed by atoms with Gasteiger partial charge in [0.1, 0.15) is 11.7 Å². The Labute approximate surface area is 394 Å². The summed E-state index contributed by atoms with van der Waals surface area (Å²) in [7, 11) is -2.41. The largest absolute Gasteiger partial charge is 0.493 e. The third kappa shape index (κ3) is 14.0. The van der Waals surface area contributed by atoms with E-state index in [0.717, 1.165) is 29.3 Å². The molecule has 1 fully saturated rings. The molecule has 10 nitrogen and oxygen atoms in total. The zero-order chi connectivity index (χ0) is 48.4. The van der Waals surface area contributed by atoms with Crippen LogP contribution in [0.25, 0.3) is 6.08 Å². The molecule has 1 aliphatic heterocycles. The molecule has 1 N–H and O–H groups in total. The number of benzene rings is 3. The van der Waals surface area contributed by atoms with Crippen molar-refractivity contribution in [2.75, 3.05) is 34.7 Å². The fourth-order valence-corrected chi connectivity index (χ4v) is 14.2. The van der Waals surface area contributed by atoms with Crippen molar-refractivity contribution in [1.29, 1.82) is 0 Å². The van der Waals surface area contributed by atoms with E-state index in [1.807, 2.05) is 62.4 Å². The van der Waals surface area contributed by atoms with E-state index in [1.165, 1.54) is 14.2 Å². The average molecular weight is 949 g/mol. The second-order valence-corrected chi connectivity index (χ2v) is 35.6. The molecule has 0 amide bonds. The van der Waals surface area contributed by atoms with Crippen molar-refractivity contribution >= 4 is 47.1 Å². The lowest BCUT2D eigenvalue weighted by molar-refractivity contribution is -0.151. The van der Waals surface area contributed by atoms with Gasteiger partial charge in [0.15, 0.2) is 32.4 Å². The third-order valence-corrected chi connectivity index (χ3v) is 23.5. The van der Waals surface area contributed by atoms with Crippen LogP contribution >= 0.6 is 0 Å². The van der Waals surface area contributed by atoms with E-state index in [2.05, 4.69) is 111 Å². The van der Waals surface area contributed by atoms with Gasteiger partial charge in [0, 0.05) is 15.2 Å². The average Bonchev–Trinajstić information content (AvgIpc) is 3.54. The smallest absolute Gasteiger partial charge is 0.342 e. The summed E-state index contributed by atoms with van der Waals surface area (Å²) >= 11 is 0. The summed E-state index contributed by atoms with van der Waals surface area (Å²) in [6, 6.07) is 23.0. The number of methoxy groups -OCH3 is 3. The number of esters is 1. The van der Waals surface area contributed by atoms with E-state index in [0.29, 0.717) is 24.3 Å². The summed E-state index contributed by atoms with van der Waals surface area (Å²) in [6.07, 6.45) is 9.13. The lowest BCUT2D eigenvalue weighted by Gasteiger charge is -2.42. The highest BCUT2D eigenvalue weighted by atomic mass is 28.4. The Morgan fingerprint density at radius 2 is 1.46 bits per heavy atom. The molecule has 4 atom stereocenters. The minimum absolute atomic E-state index is 0.0547. The summed E-state index contributed by atoms with van der Waals surface area (Å²) in [6.45, 7) is 28.7. The van der Waals surface area contributed by atoms with Crippen LogP contribution in [0.3, 0.4) is 0 Å². The Balaban J connectivity index is 1.67. The number of hydrogen-bond acceptors (Lipinski definition) is 10. The Hall–Kier alpha value is -3.54. The van der Waals surface area contributed by atoms with Gasteiger partial charge in [0.05, 0.1) is 33.0 Å². The van der Waals surface area contributed by atoms with Gasteiger partial charge in [-0.3, -0.25) is 0 Å². The number of hydrogen-bond donors (Lipinski definition) is 1. The maximum Gasteiger partial charge on any atom is 0.342 e. The van der Waals surface area contributed by atoms with Crippen molar-refractivity contribution < 1.29 is 47.2 Å². The van der Waals surface area contributed by atoms with Crippen molar-refractivity contribution in [2.24, 2.45) is 5.92 Å². The number of carbonyl (C=O) groups excluding carboxylic acids is 1. The molecule has 0 saturated carbocycles. The number of carbonyl (C=O) groups is 1. The minimum Gasteiger partial charge on any atom is -0.493 e. The van der Waals surface area contributed by atoms with Crippen molar-refractivity contribution in [1.82, 2.24) is 0 Å². The van der Waals surface area contributed by atoms with Crippen LogP contribution in [-0.4, -0.2) is 94.3 Å². The van der Waals surface area contributed by atoms with Gasteiger partial charge in [-0.25, -0.2) is 4.79 Å². The molecule has 0 aliphatic carbocycles. The Bertz CT molecular complexity index is 2000. The molecule has 1 heterocycles. The highest BCUT2D eigenvalue weighted by molar-refractivity contribution is 6.98. The van der Waals surface area contributed by atoms with Gasteiger partial charge in [0.25, 0.3) is 8.32 Å². The first kappa shape index (κ1) is 54.1. The number of ether oxygens (including phenoxy) is 7. The van der Waals surface area contributed by atoms with Gasteiger partial charge < -0.3 is 42.4 Å². The van der Waals surface area contributed by atoms with Gasteiger partial charge >= 0.3 is 5.97 Å². The minimum atomic E-state index is -3.17. The lowest BCUT2D eigenvalue weighted by Crippen LogP contribution is -2.65. The van der Waals surface area contributed by atoms with Crippen LogP contribution in [0.15, 0.2) is 85.0 Å². The third-order valence-electron chi connectivity index (χ3n) is 12.8. The van der Waals surface area contributed by atoms with Crippen LogP contribution in [0.1, 0.15) is 90.6 Å². The molecule has 0 bridgehead atoms. The van der Waals surface area contributed by atoms with Crippen LogP contribution in [0.5, 0.6) is 17.2 Å². The molecule has 0 aromatic heterocycles. The zero-order valence-electron chi connectivity index (χ0n) is 42.3. The predicted molar refractivity (Wildman–Crippen MR) is 272 cm³/mol. The monoisotopic (exact) mass is 949 g/mol. The van der Waals surface area contributed by atoms with Crippen molar-refractivity contribution in [3.05, 3.63) is 96.1 Å². The van der Waals surface area contributed by atoms with Crippen molar-refractivity contribution in [3.8, 4) is 17.2 Å². The van der Waals surface area contributed by atoms with Crippen LogP contribution in [0.2, 0.25) is 48.9 Å². The normalized spacial score (nSPS) is 18.2. The molecule has 3 aromatic carbocycles. The second kappa shape index (κ2) is 22.5. The molecule has 65 heavy (non-hydrogen) atoms. The van der Waals surface area contributed by atoms with E-state index in [-0.39, 0.29) is 46.0 Å². The standard InChI is InChI=1S/C52H80O10Si3/c1-38(36-51(5,6)65(54,40-27-19-17-20-28-40)41-29-21-18-22-30-41)25-23-32-43(62-64(15,16)50(2,3)4)46-42(60-52(7,8)61-46)31-24-26-39-35-44(56-10)47(57-11)48(59-37-55-9)45(39)49(53)58-33-34-63(12,13)14/h17-24,26-30,32,35,38,42-43,46,54H,25,31,33-34,36-37H2,1-16H3/b26-24+,32-23-/t38-,42-,43?,46-/m0/s1. The van der Waals surface area contributed by atoms with E-state index in [1.54, 1.807) is 13.2 Å². The second-order valence-electron chi connectivity index (χ2n) is 21.3. The highest BCUT2D eigenvalue weighted by Crippen LogP contribution is 2.45. The van der Waals surface area contributed by atoms with Gasteiger partial charge in [-0.1, -0.05) is 146 Å². The molecular weight excluding hydrogens is 869 g/mol. The lowest BCUT2D eigenvalue weighted by atomic mass is 9.94. The molecule has 360 valence electrons. The van der Waals surface area contributed by atoms with Crippen LogP contribution in [0.4, 0.5) is 0 Å². The Morgan fingerprint density at radius 3 is 1.98 bits per heavy atom. The molecule has 0 radical (unpaired) electrons. The topological polar surface area (TPSA) is 111 Å². The predicted octanol–water partition coefficient (Wildman–Crippen LogP) is 11.0. The molecule has 1 saturated heterocycles. The summed E-state index contributed by atoms with van der Waals surface area (Å²) in [5.41, 5.74) is 0.766. The number of rotatable bonds is 23. The molecule has 13 heteroatoms. The van der Waals surface area contributed by atoms with Crippen molar-refractivity contribution in [2.45, 2.75) is 148 Å².